The maximum Gasteiger partial charge on any atom is 0.262 e. The first-order valence-corrected chi connectivity index (χ1v) is 9.19. The average molecular weight is 353 g/mol. The Kier molecular flexibility index (Phi) is 3.16. The molecule has 2 aromatic rings. The molecule has 7 nitrogen and oxygen atoms in total. The lowest BCUT2D eigenvalue weighted by Gasteiger charge is -2.42. The van der Waals surface area contributed by atoms with Gasteiger partial charge in [-0.2, -0.15) is 5.10 Å². The van der Waals surface area contributed by atoms with E-state index in [2.05, 4.69) is 52.6 Å². The van der Waals surface area contributed by atoms with Gasteiger partial charge in [0.1, 0.15) is 18.4 Å². The number of hydrazone groups is 1. The predicted octanol–water partition coefficient (Wildman–Crippen LogP) is 1.55. The Morgan fingerprint density at radius 3 is 2.88 bits per heavy atom. The van der Waals surface area contributed by atoms with E-state index in [1.54, 1.807) is 0 Å². The molecule has 1 atom stereocenters. The quantitative estimate of drug-likeness (QED) is 0.859. The van der Waals surface area contributed by atoms with Crippen LogP contribution in [0.1, 0.15) is 26.3 Å². The summed E-state index contributed by atoms with van der Waals surface area (Å²) in [5.74, 6) is 1.47. The molecular formula is C19H23N5O2. The van der Waals surface area contributed by atoms with Crippen molar-refractivity contribution in [3.05, 3.63) is 23.9 Å². The molecule has 4 heterocycles. The number of hydrogen-bond donors (Lipinski definition) is 2. The van der Waals surface area contributed by atoms with E-state index in [9.17, 15) is 4.79 Å². The number of amides is 1. The first kappa shape index (κ1) is 15.7. The third kappa shape index (κ3) is 1.97. The first-order valence-electron chi connectivity index (χ1n) is 9.19. The van der Waals surface area contributed by atoms with Crippen LogP contribution in [0, 0.1) is 0 Å². The van der Waals surface area contributed by atoms with E-state index in [1.807, 2.05) is 11.8 Å². The molecule has 26 heavy (non-hydrogen) atoms. The Morgan fingerprint density at radius 1 is 1.38 bits per heavy atom. The Morgan fingerprint density at radius 2 is 2.19 bits per heavy atom. The number of aryl methyl sites for hydroxylation is 1. The summed E-state index contributed by atoms with van der Waals surface area (Å²) in [5.41, 5.74) is 6.09. The molecule has 0 saturated carbocycles. The lowest BCUT2D eigenvalue weighted by atomic mass is 9.94. The van der Waals surface area contributed by atoms with Crippen molar-refractivity contribution in [1.29, 1.82) is 0 Å². The van der Waals surface area contributed by atoms with Gasteiger partial charge in [-0.3, -0.25) is 4.79 Å². The van der Waals surface area contributed by atoms with E-state index in [1.165, 1.54) is 16.5 Å². The van der Waals surface area contributed by atoms with Crippen molar-refractivity contribution >= 4 is 28.3 Å². The first-order chi connectivity index (χ1) is 12.5. The maximum absolute atomic E-state index is 12.1. The lowest BCUT2D eigenvalue weighted by Crippen LogP contribution is -2.58. The van der Waals surface area contributed by atoms with E-state index in [4.69, 9.17) is 4.74 Å². The largest absolute Gasteiger partial charge is 0.483 e. The van der Waals surface area contributed by atoms with Crippen LogP contribution < -0.4 is 20.4 Å². The van der Waals surface area contributed by atoms with Crippen molar-refractivity contribution in [1.82, 2.24) is 15.3 Å². The van der Waals surface area contributed by atoms with E-state index >= 15 is 0 Å². The molecule has 1 saturated heterocycles. The zero-order valence-corrected chi connectivity index (χ0v) is 15.3. The van der Waals surface area contributed by atoms with Crippen molar-refractivity contribution in [2.45, 2.75) is 38.8 Å². The number of amidine groups is 1. The molecule has 136 valence electrons. The van der Waals surface area contributed by atoms with Gasteiger partial charge in [-0.1, -0.05) is 6.92 Å². The molecule has 3 aliphatic heterocycles. The van der Waals surface area contributed by atoms with Crippen LogP contribution in [0.5, 0.6) is 5.75 Å². The number of carbonyl (C=O) groups excluding carboxylic acids is 1. The Hall–Kier alpha value is -2.54. The van der Waals surface area contributed by atoms with Crippen LogP contribution in [0.25, 0.3) is 10.9 Å². The SMILES string of the molecule is CCc1cn(C2(C)CNC2)c2cc3c(cc12)OCC1=NNC(=O)[C@@H](C)N13. The molecule has 0 aliphatic carbocycles. The molecule has 1 fully saturated rings. The van der Waals surface area contributed by atoms with Gasteiger partial charge in [0.05, 0.1) is 16.7 Å². The summed E-state index contributed by atoms with van der Waals surface area (Å²) in [7, 11) is 0. The number of nitrogens with zero attached hydrogens (tertiary/aromatic N) is 3. The van der Waals surface area contributed by atoms with Crippen LogP contribution in [0.2, 0.25) is 0 Å². The number of carbonyl (C=O) groups is 1. The van der Waals surface area contributed by atoms with E-state index in [-0.39, 0.29) is 17.5 Å². The van der Waals surface area contributed by atoms with Crippen LogP contribution >= 0.6 is 0 Å². The minimum Gasteiger partial charge on any atom is -0.483 e. The highest BCUT2D eigenvalue weighted by atomic mass is 16.5. The number of ether oxygens (including phenoxy) is 1. The van der Waals surface area contributed by atoms with Crippen molar-refractivity contribution in [2.24, 2.45) is 5.10 Å². The monoisotopic (exact) mass is 353 g/mol. The minimum absolute atomic E-state index is 0.0806. The lowest BCUT2D eigenvalue weighted by molar-refractivity contribution is -0.122. The second-order valence-corrected chi connectivity index (χ2v) is 7.65. The van der Waals surface area contributed by atoms with E-state index in [0.717, 1.165) is 36.8 Å². The number of hydrogen-bond acceptors (Lipinski definition) is 5. The maximum atomic E-state index is 12.1. The third-order valence-corrected chi connectivity index (χ3v) is 5.90. The zero-order valence-electron chi connectivity index (χ0n) is 15.3. The second kappa shape index (κ2) is 5.23. The topological polar surface area (TPSA) is 70.9 Å². The number of nitrogens with one attached hydrogen (secondary N) is 2. The van der Waals surface area contributed by atoms with Gasteiger partial charge in [0.15, 0.2) is 5.84 Å². The fourth-order valence-corrected chi connectivity index (χ4v) is 4.20. The number of benzene rings is 1. The van der Waals surface area contributed by atoms with Crippen molar-refractivity contribution in [3.63, 3.8) is 0 Å². The molecule has 1 amide bonds. The summed E-state index contributed by atoms with van der Waals surface area (Å²) in [6, 6.07) is 3.99. The van der Waals surface area contributed by atoms with Gasteiger partial charge in [0, 0.05) is 24.7 Å². The number of anilines is 1. The molecule has 0 unspecified atom stereocenters. The molecular weight excluding hydrogens is 330 g/mol. The number of aromatic nitrogens is 1. The summed E-state index contributed by atoms with van der Waals surface area (Å²) < 4.78 is 8.36. The molecule has 7 heteroatoms. The summed E-state index contributed by atoms with van der Waals surface area (Å²) in [6.45, 7) is 8.65. The average Bonchev–Trinajstić information content (AvgIpc) is 2.98. The van der Waals surface area contributed by atoms with Gasteiger partial charge in [-0.25, -0.2) is 5.43 Å². The van der Waals surface area contributed by atoms with Gasteiger partial charge in [-0.05, 0) is 38.0 Å². The zero-order chi connectivity index (χ0) is 18.1. The molecule has 2 N–H and O–H groups in total. The van der Waals surface area contributed by atoms with Crippen molar-refractivity contribution in [2.75, 3.05) is 24.6 Å². The summed E-state index contributed by atoms with van der Waals surface area (Å²) in [4.78, 5) is 14.1. The molecule has 3 aliphatic rings. The van der Waals surface area contributed by atoms with Crippen LogP contribution in [-0.2, 0) is 16.8 Å². The molecule has 0 radical (unpaired) electrons. The van der Waals surface area contributed by atoms with E-state index < -0.39 is 0 Å². The second-order valence-electron chi connectivity index (χ2n) is 7.65. The van der Waals surface area contributed by atoms with Crippen LogP contribution in [0.3, 0.4) is 0 Å². The summed E-state index contributed by atoms with van der Waals surface area (Å²) >= 11 is 0. The van der Waals surface area contributed by atoms with E-state index in [0.29, 0.717) is 6.61 Å². The molecule has 1 aromatic carbocycles. The fourth-order valence-electron chi connectivity index (χ4n) is 4.20. The molecule has 0 bridgehead atoms. The standard InChI is InChI=1S/C19H23N5O2/c1-4-12-7-23(19(3)9-20-10-19)14-6-15-16(5-13(12)14)26-8-17-21-22-18(25)11(2)24(15)17/h5-7,11,20H,4,8-10H2,1-3H3,(H,22,25)/t11-/m1/s1. The van der Waals surface area contributed by atoms with Gasteiger partial charge >= 0.3 is 0 Å². The van der Waals surface area contributed by atoms with Gasteiger partial charge < -0.3 is 19.5 Å². The summed E-state index contributed by atoms with van der Waals surface area (Å²) in [5, 5.41) is 8.80. The third-order valence-electron chi connectivity index (χ3n) is 5.90. The van der Waals surface area contributed by atoms with Crippen LogP contribution in [-0.4, -0.2) is 42.0 Å². The highest BCUT2D eigenvalue weighted by Crippen LogP contribution is 2.41. The summed E-state index contributed by atoms with van der Waals surface area (Å²) in [6.07, 6.45) is 3.25. The van der Waals surface area contributed by atoms with Gasteiger partial charge in [-0.15, -0.1) is 0 Å². The molecule has 5 rings (SSSR count). The number of fused-ring (bicyclic) bond motifs is 4. The Balaban J connectivity index is 1.74. The minimum atomic E-state index is -0.308. The van der Waals surface area contributed by atoms with Crippen LogP contribution in [0.15, 0.2) is 23.4 Å². The highest BCUT2D eigenvalue weighted by Gasteiger charge is 2.38. The van der Waals surface area contributed by atoms with Gasteiger partial charge in [0.2, 0.25) is 0 Å². The Labute approximate surface area is 152 Å². The fraction of sp³-hybridized carbons (Fsp3) is 0.474. The predicted molar refractivity (Wildman–Crippen MR) is 101 cm³/mol. The highest BCUT2D eigenvalue weighted by molar-refractivity contribution is 6.10. The number of rotatable bonds is 2. The Bertz CT molecular complexity index is 956. The van der Waals surface area contributed by atoms with Crippen LogP contribution in [0.4, 0.5) is 5.69 Å². The molecule has 0 spiro atoms. The smallest absolute Gasteiger partial charge is 0.262 e. The van der Waals surface area contributed by atoms with Crippen molar-refractivity contribution in [3.8, 4) is 5.75 Å². The molecule has 1 aromatic heterocycles. The van der Waals surface area contributed by atoms with Crippen molar-refractivity contribution < 1.29 is 9.53 Å². The normalized spacial score (nSPS) is 23.5. The van der Waals surface area contributed by atoms with Gasteiger partial charge in [0.25, 0.3) is 5.91 Å².